The summed E-state index contributed by atoms with van der Waals surface area (Å²) in [5.41, 5.74) is 0.496. The van der Waals surface area contributed by atoms with E-state index >= 15 is 0 Å². The molecule has 4 nitrogen and oxygen atoms in total. The lowest BCUT2D eigenvalue weighted by Gasteiger charge is -2.42. The van der Waals surface area contributed by atoms with Crippen molar-refractivity contribution < 1.29 is 23.0 Å². The Bertz CT molecular complexity index is 844. The van der Waals surface area contributed by atoms with Gasteiger partial charge in [0.15, 0.2) is 11.6 Å². The number of likely N-dealkylation sites (tertiary alicyclic amines) is 1. The van der Waals surface area contributed by atoms with Crippen LogP contribution < -0.4 is 4.74 Å². The topological polar surface area (TPSA) is 38.8 Å². The molecular weight excluding hydrogens is 376 g/mol. The maximum absolute atomic E-state index is 13.8. The molecule has 0 spiro atoms. The van der Waals surface area contributed by atoms with Crippen molar-refractivity contribution in [2.75, 3.05) is 26.3 Å². The van der Waals surface area contributed by atoms with Gasteiger partial charge in [-0.15, -0.1) is 0 Å². The summed E-state index contributed by atoms with van der Waals surface area (Å²) < 4.78 is 38.2. The molecule has 2 saturated heterocycles. The highest BCUT2D eigenvalue weighted by molar-refractivity contribution is 5.88. The average molecular weight is 401 g/mol. The van der Waals surface area contributed by atoms with Gasteiger partial charge in [0.2, 0.25) is 5.91 Å². The van der Waals surface area contributed by atoms with Gasteiger partial charge in [-0.05, 0) is 30.5 Å². The molecule has 1 amide bonds. The second-order valence-corrected chi connectivity index (χ2v) is 7.74. The fourth-order valence-electron chi connectivity index (χ4n) is 4.33. The molecule has 0 bridgehead atoms. The molecule has 2 aromatic rings. The van der Waals surface area contributed by atoms with Crippen molar-refractivity contribution >= 4 is 5.91 Å². The molecule has 0 aromatic heterocycles. The van der Waals surface area contributed by atoms with Crippen LogP contribution in [0.15, 0.2) is 48.5 Å². The fraction of sp³-hybridized carbons (Fsp3) is 0.435. The van der Waals surface area contributed by atoms with Gasteiger partial charge in [-0.1, -0.05) is 30.3 Å². The Morgan fingerprint density at radius 1 is 1.03 bits per heavy atom. The Morgan fingerprint density at radius 3 is 2.38 bits per heavy atom. The van der Waals surface area contributed by atoms with Gasteiger partial charge in [-0.2, -0.15) is 0 Å². The van der Waals surface area contributed by atoms with Gasteiger partial charge < -0.3 is 14.4 Å². The van der Waals surface area contributed by atoms with E-state index in [2.05, 4.69) is 0 Å². The Balaban J connectivity index is 1.43. The summed E-state index contributed by atoms with van der Waals surface area (Å²) in [5, 5.41) is 0. The lowest BCUT2D eigenvalue weighted by molar-refractivity contribution is -0.143. The molecule has 2 aliphatic rings. The molecular formula is C23H25F2NO3. The summed E-state index contributed by atoms with van der Waals surface area (Å²) >= 11 is 0. The van der Waals surface area contributed by atoms with Gasteiger partial charge in [0.1, 0.15) is 11.9 Å². The zero-order valence-corrected chi connectivity index (χ0v) is 16.3. The van der Waals surface area contributed by atoms with E-state index < -0.39 is 17.0 Å². The zero-order valence-electron chi connectivity index (χ0n) is 16.3. The predicted molar refractivity (Wildman–Crippen MR) is 105 cm³/mol. The Labute approximate surface area is 169 Å². The van der Waals surface area contributed by atoms with Crippen molar-refractivity contribution in [3.05, 3.63) is 65.7 Å². The molecule has 2 heterocycles. The van der Waals surface area contributed by atoms with Crippen LogP contribution in [0.1, 0.15) is 31.2 Å². The highest BCUT2D eigenvalue weighted by atomic mass is 19.1. The van der Waals surface area contributed by atoms with Crippen LogP contribution in [-0.4, -0.2) is 43.2 Å². The summed E-state index contributed by atoms with van der Waals surface area (Å²) in [6.07, 6.45) is 2.38. The highest BCUT2D eigenvalue weighted by Gasteiger charge is 2.44. The number of hydrogen-bond donors (Lipinski definition) is 0. The van der Waals surface area contributed by atoms with Crippen LogP contribution in [0.3, 0.4) is 0 Å². The smallest absolute Gasteiger partial charge is 0.233 e. The van der Waals surface area contributed by atoms with Crippen LogP contribution in [-0.2, 0) is 14.9 Å². The standard InChI is InChI=1S/C23H25F2NO3/c24-18-6-7-21(20(25)16-18)29-19-8-12-26(13-9-19)22(27)23(10-14-28-15-11-23)17-4-2-1-3-5-17/h1-7,16,19H,8-15H2. The lowest BCUT2D eigenvalue weighted by atomic mass is 9.72. The number of ether oxygens (including phenoxy) is 2. The Kier molecular flexibility index (Phi) is 5.81. The van der Waals surface area contributed by atoms with E-state index in [1.807, 2.05) is 35.2 Å². The average Bonchev–Trinajstić information content (AvgIpc) is 2.77. The van der Waals surface area contributed by atoms with E-state index in [-0.39, 0.29) is 17.8 Å². The minimum absolute atomic E-state index is 0.0568. The van der Waals surface area contributed by atoms with Crippen LogP contribution in [0.4, 0.5) is 8.78 Å². The van der Waals surface area contributed by atoms with E-state index in [1.54, 1.807) is 0 Å². The van der Waals surface area contributed by atoms with Crippen molar-refractivity contribution in [3.63, 3.8) is 0 Å². The number of benzene rings is 2. The number of halogens is 2. The van der Waals surface area contributed by atoms with Crippen molar-refractivity contribution in [2.45, 2.75) is 37.2 Å². The number of piperidine rings is 1. The van der Waals surface area contributed by atoms with Crippen LogP contribution in [0.2, 0.25) is 0 Å². The molecule has 0 saturated carbocycles. The quantitative estimate of drug-likeness (QED) is 0.775. The third-order valence-electron chi connectivity index (χ3n) is 6.00. The minimum Gasteiger partial charge on any atom is -0.487 e. The zero-order chi connectivity index (χ0) is 20.3. The maximum atomic E-state index is 13.8. The van der Waals surface area contributed by atoms with Crippen LogP contribution in [0.25, 0.3) is 0 Å². The monoisotopic (exact) mass is 401 g/mol. The van der Waals surface area contributed by atoms with Crippen molar-refractivity contribution in [2.24, 2.45) is 0 Å². The first-order chi connectivity index (χ1) is 14.1. The summed E-state index contributed by atoms with van der Waals surface area (Å²) in [6, 6.07) is 13.3. The lowest BCUT2D eigenvalue weighted by Crippen LogP contribution is -2.53. The number of amides is 1. The van der Waals surface area contributed by atoms with E-state index in [9.17, 15) is 13.6 Å². The molecule has 0 unspecified atom stereocenters. The number of rotatable bonds is 4. The molecule has 0 aliphatic carbocycles. The van der Waals surface area contributed by atoms with E-state index in [0.29, 0.717) is 52.0 Å². The summed E-state index contributed by atoms with van der Waals surface area (Å²) in [7, 11) is 0. The molecule has 0 N–H and O–H groups in total. The fourth-order valence-corrected chi connectivity index (χ4v) is 4.33. The molecule has 4 rings (SSSR count). The molecule has 0 radical (unpaired) electrons. The highest BCUT2D eigenvalue weighted by Crippen LogP contribution is 2.37. The number of hydrogen-bond acceptors (Lipinski definition) is 3. The van der Waals surface area contributed by atoms with Gasteiger partial charge in [0.05, 0.1) is 5.41 Å². The Hall–Kier alpha value is -2.47. The minimum atomic E-state index is -0.700. The van der Waals surface area contributed by atoms with E-state index in [4.69, 9.17) is 9.47 Å². The molecule has 2 aromatic carbocycles. The summed E-state index contributed by atoms with van der Waals surface area (Å²) in [4.78, 5) is 15.5. The van der Waals surface area contributed by atoms with E-state index in [1.165, 1.54) is 12.1 Å². The van der Waals surface area contributed by atoms with Crippen LogP contribution in [0.5, 0.6) is 5.75 Å². The molecule has 0 atom stereocenters. The Morgan fingerprint density at radius 2 is 1.72 bits per heavy atom. The second-order valence-electron chi connectivity index (χ2n) is 7.74. The van der Waals surface area contributed by atoms with Crippen LogP contribution in [0, 0.1) is 11.6 Å². The van der Waals surface area contributed by atoms with Gasteiger partial charge in [-0.25, -0.2) is 8.78 Å². The second kappa shape index (κ2) is 8.49. The van der Waals surface area contributed by atoms with Gasteiger partial charge >= 0.3 is 0 Å². The van der Waals surface area contributed by atoms with Gasteiger partial charge in [-0.3, -0.25) is 4.79 Å². The van der Waals surface area contributed by atoms with Crippen molar-refractivity contribution in [1.29, 1.82) is 0 Å². The molecule has 2 fully saturated rings. The normalized spacial score (nSPS) is 19.7. The third-order valence-corrected chi connectivity index (χ3v) is 6.00. The largest absolute Gasteiger partial charge is 0.487 e. The first-order valence-electron chi connectivity index (χ1n) is 10.1. The SMILES string of the molecule is O=C(N1CCC(Oc2ccc(F)cc2F)CC1)C1(c2ccccc2)CCOCC1. The molecule has 29 heavy (non-hydrogen) atoms. The molecule has 6 heteroatoms. The molecule has 2 aliphatic heterocycles. The van der Waals surface area contributed by atoms with Crippen LogP contribution >= 0.6 is 0 Å². The van der Waals surface area contributed by atoms with Crippen molar-refractivity contribution in [1.82, 2.24) is 4.90 Å². The number of carbonyl (C=O) groups excluding carboxylic acids is 1. The summed E-state index contributed by atoms with van der Waals surface area (Å²) in [6.45, 7) is 2.26. The number of carbonyl (C=O) groups is 1. The number of nitrogens with zero attached hydrogens (tertiary/aromatic N) is 1. The third kappa shape index (κ3) is 4.13. The van der Waals surface area contributed by atoms with Gasteiger partial charge in [0, 0.05) is 45.2 Å². The predicted octanol–water partition coefficient (Wildman–Crippen LogP) is 4.08. The molecule has 154 valence electrons. The first kappa shape index (κ1) is 19.8. The van der Waals surface area contributed by atoms with Gasteiger partial charge in [0.25, 0.3) is 0 Å². The summed E-state index contributed by atoms with van der Waals surface area (Å²) in [5.74, 6) is -1.13. The first-order valence-corrected chi connectivity index (χ1v) is 10.1. The van der Waals surface area contributed by atoms with Crippen molar-refractivity contribution in [3.8, 4) is 5.75 Å². The van der Waals surface area contributed by atoms with E-state index in [0.717, 1.165) is 11.6 Å². The maximum Gasteiger partial charge on any atom is 0.233 e.